The van der Waals surface area contributed by atoms with Gasteiger partial charge in [0.25, 0.3) is 0 Å². The number of rotatable bonds is 6. The van der Waals surface area contributed by atoms with Crippen LogP contribution in [0.3, 0.4) is 0 Å². The van der Waals surface area contributed by atoms with Crippen molar-refractivity contribution >= 4 is 10.0 Å². The van der Waals surface area contributed by atoms with Gasteiger partial charge in [-0.2, -0.15) is 9.40 Å². The molecule has 0 spiro atoms. The zero-order valence-corrected chi connectivity index (χ0v) is 12.2. The minimum atomic E-state index is -3.51. The van der Waals surface area contributed by atoms with Gasteiger partial charge in [0.05, 0.1) is 13.3 Å². The molecule has 1 aromatic carbocycles. The molecule has 2 aromatic rings. The van der Waals surface area contributed by atoms with Gasteiger partial charge in [-0.05, 0) is 17.7 Å². The first-order valence-corrected chi connectivity index (χ1v) is 7.63. The smallest absolute Gasteiger partial charge is 0.246 e. The normalized spacial score (nSPS) is 11.8. The monoisotopic (exact) mass is 295 g/mol. The Balaban J connectivity index is 2.20. The van der Waals surface area contributed by atoms with E-state index in [0.717, 1.165) is 11.3 Å². The summed E-state index contributed by atoms with van der Waals surface area (Å²) >= 11 is 0. The number of hydrogen-bond acceptors (Lipinski definition) is 4. The molecule has 1 heterocycles. The summed E-state index contributed by atoms with van der Waals surface area (Å²) in [7, 11) is -1.92. The zero-order valence-electron chi connectivity index (χ0n) is 11.4. The van der Waals surface area contributed by atoms with Gasteiger partial charge in [-0.15, -0.1) is 0 Å². The highest BCUT2D eigenvalue weighted by atomic mass is 32.2. The third-order valence-corrected chi connectivity index (χ3v) is 4.87. The SMILES string of the molecule is CCN(Cc1ccc(OC)cc1)S(=O)(=O)c1cn[nH]c1. The standard InChI is InChI=1S/C13H17N3O3S/c1-3-16(20(17,18)13-8-14-15-9-13)10-11-4-6-12(19-2)7-5-11/h4-9H,3,10H2,1-2H3,(H,14,15). The molecular formula is C13H17N3O3S. The second-order valence-corrected chi connectivity index (χ2v) is 6.15. The summed E-state index contributed by atoms with van der Waals surface area (Å²) in [5.41, 5.74) is 0.903. The van der Waals surface area contributed by atoms with Crippen molar-refractivity contribution in [2.75, 3.05) is 13.7 Å². The number of ether oxygens (including phenoxy) is 1. The van der Waals surface area contributed by atoms with Crippen LogP contribution in [0.25, 0.3) is 0 Å². The van der Waals surface area contributed by atoms with Gasteiger partial charge in [0, 0.05) is 19.3 Å². The molecule has 0 amide bonds. The van der Waals surface area contributed by atoms with E-state index in [-0.39, 0.29) is 4.90 Å². The van der Waals surface area contributed by atoms with E-state index in [4.69, 9.17) is 4.74 Å². The van der Waals surface area contributed by atoms with E-state index >= 15 is 0 Å². The molecule has 0 aliphatic carbocycles. The quantitative estimate of drug-likeness (QED) is 0.879. The number of hydrogen-bond donors (Lipinski definition) is 1. The highest BCUT2D eigenvalue weighted by molar-refractivity contribution is 7.89. The first-order valence-electron chi connectivity index (χ1n) is 6.19. The second-order valence-electron chi connectivity index (χ2n) is 4.21. The Labute approximate surface area is 118 Å². The Morgan fingerprint density at radius 3 is 2.50 bits per heavy atom. The van der Waals surface area contributed by atoms with Crippen LogP contribution in [-0.2, 0) is 16.6 Å². The number of sulfonamides is 1. The van der Waals surface area contributed by atoms with Crippen LogP contribution in [0.1, 0.15) is 12.5 Å². The largest absolute Gasteiger partial charge is 0.497 e. The minimum absolute atomic E-state index is 0.174. The van der Waals surface area contributed by atoms with Gasteiger partial charge in [0.1, 0.15) is 10.6 Å². The number of nitrogens with one attached hydrogen (secondary N) is 1. The highest BCUT2D eigenvalue weighted by Crippen LogP contribution is 2.18. The number of benzene rings is 1. The molecule has 2 rings (SSSR count). The average molecular weight is 295 g/mol. The van der Waals surface area contributed by atoms with Crippen molar-refractivity contribution in [2.45, 2.75) is 18.4 Å². The van der Waals surface area contributed by atoms with Crippen molar-refractivity contribution in [3.05, 3.63) is 42.2 Å². The predicted molar refractivity (Wildman–Crippen MR) is 74.9 cm³/mol. The fraction of sp³-hybridized carbons (Fsp3) is 0.308. The van der Waals surface area contributed by atoms with Crippen molar-refractivity contribution in [3.63, 3.8) is 0 Å². The summed E-state index contributed by atoms with van der Waals surface area (Å²) in [4.78, 5) is 0.174. The third kappa shape index (κ3) is 3.00. The molecule has 7 heteroatoms. The van der Waals surface area contributed by atoms with Gasteiger partial charge < -0.3 is 4.74 Å². The molecule has 0 aliphatic rings. The van der Waals surface area contributed by atoms with Crippen molar-refractivity contribution in [1.29, 1.82) is 0 Å². The lowest BCUT2D eigenvalue weighted by Crippen LogP contribution is -2.30. The van der Waals surface area contributed by atoms with Gasteiger partial charge in [0.2, 0.25) is 10.0 Å². The van der Waals surface area contributed by atoms with Gasteiger partial charge in [0.15, 0.2) is 0 Å². The maximum absolute atomic E-state index is 12.4. The van der Waals surface area contributed by atoms with E-state index in [1.165, 1.54) is 16.7 Å². The second kappa shape index (κ2) is 6.06. The molecule has 0 bridgehead atoms. The Bertz CT molecular complexity index is 636. The van der Waals surface area contributed by atoms with Crippen LogP contribution in [0.2, 0.25) is 0 Å². The summed E-state index contributed by atoms with van der Waals surface area (Å²) in [5, 5.41) is 6.21. The molecule has 0 saturated carbocycles. The van der Waals surface area contributed by atoms with Crippen LogP contribution in [-0.4, -0.2) is 36.6 Å². The first kappa shape index (κ1) is 14.5. The molecule has 1 aromatic heterocycles. The van der Waals surface area contributed by atoms with Crippen LogP contribution in [0.4, 0.5) is 0 Å². The summed E-state index contributed by atoms with van der Waals surface area (Å²) < 4.78 is 31.3. The van der Waals surface area contributed by atoms with Crippen LogP contribution >= 0.6 is 0 Å². The molecule has 0 saturated heterocycles. The summed E-state index contributed by atoms with van der Waals surface area (Å²) in [5.74, 6) is 0.745. The van der Waals surface area contributed by atoms with E-state index < -0.39 is 10.0 Å². The minimum Gasteiger partial charge on any atom is -0.497 e. The Kier molecular flexibility index (Phi) is 4.41. The molecule has 6 nitrogen and oxygen atoms in total. The fourth-order valence-corrected chi connectivity index (χ4v) is 3.18. The van der Waals surface area contributed by atoms with Gasteiger partial charge in [-0.3, -0.25) is 5.10 Å². The van der Waals surface area contributed by atoms with E-state index in [1.807, 2.05) is 24.3 Å². The maximum Gasteiger partial charge on any atom is 0.246 e. The number of nitrogens with zero attached hydrogens (tertiary/aromatic N) is 2. The van der Waals surface area contributed by atoms with Crippen LogP contribution in [0, 0.1) is 0 Å². The van der Waals surface area contributed by atoms with Gasteiger partial charge >= 0.3 is 0 Å². The first-order chi connectivity index (χ1) is 9.57. The van der Waals surface area contributed by atoms with E-state index in [1.54, 1.807) is 14.0 Å². The fourth-order valence-electron chi connectivity index (χ4n) is 1.83. The molecule has 108 valence electrons. The molecule has 0 radical (unpaired) electrons. The maximum atomic E-state index is 12.4. The third-order valence-electron chi connectivity index (χ3n) is 2.98. The van der Waals surface area contributed by atoms with Crippen molar-refractivity contribution in [3.8, 4) is 5.75 Å². The molecule has 1 N–H and O–H groups in total. The van der Waals surface area contributed by atoms with Crippen molar-refractivity contribution < 1.29 is 13.2 Å². The number of aromatic amines is 1. The Morgan fingerprint density at radius 1 is 1.30 bits per heavy atom. The molecule has 0 atom stereocenters. The van der Waals surface area contributed by atoms with E-state index in [2.05, 4.69) is 10.2 Å². The average Bonchev–Trinajstić information content (AvgIpc) is 3.00. The molecule has 20 heavy (non-hydrogen) atoms. The van der Waals surface area contributed by atoms with Gasteiger partial charge in [-0.25, -0.2) is 8.42 Å². The van der Waals surface area contributed by atoms with Crippen LogP contribution in [0.15, 0.2) is 41.6 Å². The van der Waals surface area contributed by atoms with Crippen LogP contribution in [0.5, 0.6) is 5.75 Å². The van der Waals surface area contributed by atoms with E-state index in [9.17, 15) is 8.42 Å². The molecule has 0 fully saturated rings. The molecular weight excluding hydrogens is 278 g/mol. The lowest BCUT2D eigenvalue weighted by atomic mass is 10.2. The summed E-state index contributed by atoms with van der Waals surface area (Å²) in [6.07, 6.45) is 2.69. The molecule has 0 unspecified atom stereocenters. The van der Waals surface area contributed by atoms with Crippen molar-refractivity contribution in [1.82, 2.24) is 14.5 Å². The Hall–Kier alpha value is -1.86. The lowest BCUT2D eigenvalue weighted by Gasteiger charge is -2.19. The zero-order chi connectivity index (χ0) is 14.6. The topological polar surface area (TPSA) is 75.3 Å². The van der Waals surface area contributed by atoms with Gasteiger partial charge in [-0.1, -0.05) is 19.1 Å². The summed E-state index contributed by atoms with van der Waals surface area (Å²) in [6.45, 7) is 2.51. The number of H-pyrrole nitrogens is 1. The van der Waals surface area contributed by atoms with Crippen LogP contribution < -0.4 is 4.74 Å². The summed E-state index contributed by atoms with van der Waals surface area (Å²) in [6, 6.07) is 7.33. The number of aromatic nitrogens is 2. The Morgan fingerprint density at radius 2 is 2.00 bits per heavy atom. The van der Waals surface area contributed by atoms with E-state index in [0.29, 0.717) is 13.1 Å². The lowest BCUT2D eigenvalue weighted by molar-refractivity contribution is 0.412. The van der Waals surface area contributed by atoms with Crippen molar-refractivity contribution in [2.24, 2.45) is 0 Å². The highest BCUT2D eigenvalue weighted by Gasteiger charge is 2.24. The molecule has 0 aliphatic heterocycles. The number of methoxy groups -OCH3 is 1. The predicted octanol–water partition coefficient (Wildman–Crippen LogP) is 1.63.